The highest BCUT2D eigenvalue weighted by Gasteiger charge is 2.24. The van der Waals surface area contributed by atoms with Gasteiger partial charge in [0.05, 0.1) is 5.69 Å². The number of benzene rings is 1. The first-order chi connectivity index (χ1) is 13.6. The maximum Gasteiger partial charge on any atom is 0.303 e. The van der Waals surface area contributed by atoms with E-state index in [1.165, 1.54) is 6.92 Å². The summed E-state index contributed by atoms with van der Waals surface area (Å²) in [5, 5.41) is 7.37. The minimum Gasteiger partial charge on any atom is -0.452 e. The number of aryl methyl sites for hydroxylation is 1. The molecule has 0 saturated carbocycles. The predicted molar refractivity (Wildman–Crippen MR) is 105 cm³/mol. The van der Waals surface area contributed by atoms with Crippen molar-refractivity contribution in [2.24, 2.45) is 0 Å². The molecule has 2 heterocycles. The van der Waals surface area contributed by atoms with Crippen molar-refractivity contribution in [3.8, 4) is 11.3 Å². The largest absolute Gasteiger partial charge is 0.452 e. The highest BCUT2D eigenvalue weighted by molar-refractivity contribution is 5.95. The van der Waals surface area contributed by atoms with Crippen LogP contribution in [0, 0.1) is 0 Å². The van der Waals surface area contributed by atoms with E-state index in [0.29, 0.717) is 18.8 Å². The Labute approximate surface area is 163 Å². The van der Waals surface area contributed by atoms with E-state index in [9.17, 15) is 9.59 Å². The number of amides is 1. The summed E-state index contributed by atoms with van der Waals surface area (Å²) in [6.07, 6.45) is 2.75. The third-order valence-corrected chi connectivity index (χ3v) is 4.17. The van der Waals surface area contributed by atoms with Crippen molar-refractivity contribution in [2.75, 3.05) is 5.32 Å². The molecule has 7 heteroatoms. The number of carbonyl (C=O) groups is 2. The Morgan fingerprint density at radius 1 is 1.14 bits per heavy atom. The molecule has 1 N–H and O–H groups in total. The number of pyridine rings is 1. The van der Waals surface area contributed by atoms with Crippen LogP contribution < -0.4 is 5.32 Å². The first kappa shape index (κ1) is 19.3. The molecule has 3 rings (SSSR count). The second-order valence-electron chi connectivity index (χ2n) is 6.24. The Kier molecular flexibility index (Phi) is 6.16. The van der Waals surface area contributed by atoms with Gasteiger partial charge in [-0.1, -0.05) is 30.3 Å². The van der Waals surface area contributed by atoms with Crippen molar-refractivity contribution in [3.05, 3.63) is 66.5 Å². The van der Waals surface area contributed by atoms with Crippen LogP contribution in [0.25, 0.3) is 11.3 Å². The molecule has 0 fully saturated rings. The second-order valence-corrected chi connectivity index (χ2v) is 6.24. The quantitative estimate of drug-likeness (QED) is 0.639. The summed E-state index contributed by atoms with van der Waals surface area (Å²) in [4.78, 5) is 28.3. The first-order valence-corrected chi connectivity index (χ1v) is 9.07. The van der Waals surface area contributed by atoms with Crippen LogP contribution in [0.5, 0.6) is 0 Å². The van der Waals surface area contributed by atoms with Crippen molar-refractivity contribution in [2.45, 2.75) is 32.9 Å². The molecule has 0 aliphatic heterocycles. The van der Waals surface area contributed by atoms with Gasteiger partial charge in [0.25, 0.3) is 5.91 Å². The van der Waals surface area contributed by atoms with Gasteiger partial charge in [-0.3, -0.25) is 14.6 Å². The molecule has 3 aromatic rings. The van der Waals surface area contributed by atoms with Crippen molar-refractivity contribution in [1.29, 1.82) is 0 Å². The van der Waals surface area contributed by atoms with Crippen LogP contribution in [0.15, 0.2) is 60.9 Å². The Balaban J connectivity index is 1.80. The van der Waals surface area contributed by atoms with Gasteiger partial charge in [0, 0.05) is 43.9 Å². The van der Waals surface area contributed by atoms with Gasteiger partial charge in [-0.2, -0.15) is 5.10 Å². The number of aromatic nitrogens is 3. The zero-order valence-electron chi connectivity index (χ0n) is 15.8. The number of hydrogen-bond acceptors (Lipinski definition) is 5. The van der Waals surface area contributed by atoms with E-state index in [1.54, 1.807) is 23.1 Å². The molecule has 1 atom stereocenters. The van der Waals surface area contributed by atoms with E-state index in [4.69, 9.17) is 4.74 Å². The Hall–Kier alpha value is -3.48. The van der Waals surface area contributed by atoms with Crippen molar-refractivity contribution in [3.63, 3.8) is 0 Å². The summed E-state index contributed by atoms with van der Waals surface area (Å²) in [5.41, 5.74) is 2.54. The standard InChI is InChI=1S/C21H22N4O3/c1-3-25-20(14-18(24-25)17-9-11-22-12-10-17)23-21(27)19(28-15(2)26)13-16-7-5-4-6-8-16/h4-12,14,19H,3,13H2,1-2H3,(H,23,27). The van der Waals surface area contributed by atoms with Crippen molar-refractivity contribution < 1.29 is 14.3 Å². The maximum atomic E-state index is 12.8. The predicted octanol–water partition coefficient (Wildman–Crippen LogP) is 3.08. The molecule has 0 bridgehead atoms. The molecule has 7 nitrogen and oxygen atoms in total. The molecule has 0 spiro atoms. The molecule has 144 valence electrons. The van der Waals surface area contributed by atoms with Crippen LogP contribution in [0.3, 0.4) is 0 Å². The summed E-state index contributed by atoms with van der Waals surface area (Å²) < 4.78 is 6.96. The summed E-state index contributed by atoms with van der Waals surface area (Å²) in [5.74, 6) is -0.350. The zero-order chi connectivity index (χ0) is 19.9. The fourth-order valence-electron chi connectivity index (χ4n) is 2.85. The third kappa shape index (κ3) is 4.82. The number of hydrogen-bond donors (Lipinski definition) is 1. The van der Waals surface area contributed by atoms with Gasteiger partial charge < -0.3 is 10.1 Å². The summed E-state index contributed by atoms with van der Waals surface area (Å²) in [6, 6.07) is 14.9. The van der Waals surface area contributed by atoms with Crippen molar-refractivity contribution >= 4 is 17.7 Å². The number of ether oxygens (including phenoxy) is 1. The Bertz CT molecular complexity index is 939. The summed E-state index contributed by atoms with van der Waals surface area (Å²) in [7, 11) is 0. The van der Waals surface area contributed by atoms with Crippen LogP contribution in [0.4, 0.5) is 5.82 Å². The van der Waals surface area contributed by atoms with Crippen LogP contribution in [-0.4, -0.2) is 32.7 Å². The topological polar surface area (TPSA) is 86.1 Å². The summed E-state index contributed by atoms with van der Waals surface area (Å²) in [6.45, 7) is 3.81. The van der Waals surface area contributed by atoms with Crippen LogP contribution in [-0.2, 0) is 27.3 Å². The smallest absolute Gasteiger partial charge is 0.303 e. The van der Waals surface area contributed by atoms with E-state index in [2.05, 4.69) is 15.4 Å². The lowest BCUT2D eigenvalue weighted by Gasteiger charge is -2.17. The molecule has 2 aromatic heterocycles. The molecular weight excluding hydrogens is 356 g/mol. The molecule has 0 aliphatic carbocycles. The van der Waals surface area contributed by atoms with Crippen molar-refractivity contribution in [1.82, 2.24) is 14.8 Å². The number of anilines is 1. The molecule has 0 aliphatic rings. The fraction of sp³-hybridized carbons (Fsp3) is 0.238. The van der Waals surface area contributed by atoms with Gasteiger partial charge in [0.15, 0.2) is 6.10 Å². The molecule has 0 saturated heterocycles. The van der Waals surface area contributed by atoms with Gasteiger partial charge in [-0.05, 0) is 24.6 Å². The highest BCUT2D eigenvalue weighted by Crippen LogP contribution is 2.22. The number of carbonyl (C=O) groups excluding carboxylic acids is 2. The van der Waals surface area contributed by atoms with E-state index in [1.807, 2.05) is 49.4 Å². The molecule has 1 aromatic carbocycles. The number of nitrogens with zero attached hydrogens (tertiary/aromatic N) is 3. The lowest BCUT2D eigenvalue weighted by Crippen LogP contribution is -2.34. The first-order valence-electron chi connectivity index (χ1n) is 9.07. The number of rotatable bonds is 7. The monoisotopic (exact) mass is 378 g/mol. The average Bonchev–Trinajstić information content (AvgIpc) is 3.11. The normalized spacial score (nSPS) is 11.6. The van der Waals surface area contributed by atoms with E-state index in [-0.39, 0.29) is 0 Å². The van der Waals surface area contributed by atoms with Crippen LogP contribution >= 0.6 is 0 Å². The molecule has 1 amide bonds. The lowest BCUT2D eigenvalue weighted by molar-refractivity contribution is -0.151. The van der Waals surface area contributed by atoms with Gasteiger partial charge in [-0.25, -0.2) is 4.68 Å². The Morgan fingerprint density at radius 3 is 2.50 bits per heavy atom. The van der Waals surface area contributed by atoms with Gasteiger partial charge in [-0.15, -0.1) is 0 Å². The van der Waals surface area contributed by atoms with Gasteiger partial charge in [0.2, 0.25) is 0 Å². The minimum atomic E-state index is -0.926. The summed E-state index contributed by atoms with van der Waals surface area (Å²) >= 11 is 0. The minimum absolute atomic E-state index is 0.295. The van der Waals surface area contributed by atoms with Crippen LogP contribution in [0.1, 0.15) is 19.4 Å². The van der Waals surface area contributed by atoms with Gasteiger partial charge in [0.1, 0.15) is 5.82 Å². The zero-order valence-corrected chi connectivity index (χ0v) is 15.8. The maximum absolute atomic E-state index is 12.8. The van der Waals surface area contributed by atoms with E-state index >= 15 is 0 Å². The SMILES string of the molecule is CCn1nc(-c2ccncc2)cc1NC(=O)C(Cc1ccccc1)OC(C)=O. The number of esters is 1. The molecule has 0 radical (unpaired) electrons. The second kappa shape index (κ2) is 8.94. The van der Waals surface area contributed by atoms with E-state index < -0.39 is 18.0 Å². The van der Waals surface area contributed by atoms with E-state index in [0.717, 1.165) is 16.8 Å². The fourth-order valence-corrected chi connectivity index (χ4v) is 2.85. The Morgan fingerprint density at radius 2 is 1.86 bits per heavy atom. The van der Waals surface area contributed by atoms with Crippen LogP contribution in [0.2, 0.25) is 0 Å². The third-order valence-electron chi connectivity index (χ3n) is 4.17. The van der Waals surface area contributed by atoms with Gasteiger partial charge >= 0.3 is 5.97 Å². The molecule has 28 heavy (non-hydrogen) atoms. The number of nitrogens with one attached hydrogen (secondary N) is 1. The molecule has 1 unspecified atom stereocenters. The average molecular weight is 378 g/mol. The lowest BCUT2D eigenvalue weighted by atomic mass is 10.1. The molecular formula is C21H22N4O3. The highest BCUT2D eigenvalue weighted by atomic mass is 16.5.